The van der Waals surface area contributed by atoms with Crippen LogP contribution in [0.5, 0.6) is 5.75 Å². The minimum Gasteiger partial charge on any atom is -0.501 e. The molecule has 9 aromatic rings. The van der Waals surface area contributed by atoms with Gasteiger partial charge in [0.25, 0.3) is 0 Å². The molecular weight excluding hydrogens is 685 g/mol. The van der Waals surface area contributed by atoms with Crippen LogP contribution in [-0.4, -0.2) is 23.4 Å². The summed E-state index contributed by atoms with van der Waals surface area (Å²) in [4.78, 5) is 0. The summed E-state index contributed by atoms with van der Waals surface area (Å²) in [5, 5.41) is 5.12. The van der Waals surface area contributed by atoms with Gasteiger partial charge < -0.3 is 18.6 Å². The van der Waals surface area contributed by atoms with Gasteiger partial charge in [0.2, 0.25) is 0 Å². The van der Waals surface area contributed by atoms with Gasteiger partial charge in [-0.15, -0.1) is 0 Å². The molecule has 0 atom stereocenters. The van der Waals surface area contributed by atoms with Gasteiger partial charge in [-0.25, -0.2) is 0 Å². The second-order valence-electron chi connectivity index (χ2n) is 15.1. The summed E-state index contributed by atoms with van der Waals surface area (Å²) in [6.07, 6.45) is 8.43. The predicted molar refractivity (Wildman–Crippen MR) is 232 cm³/mol. The summed E-state index contributed by atoms with van der Waals surface area (Å²) in [7, 11) is 3.50. The van der Waals surface area contributed by atoms with Gasteiger partial charge in [-0.1, -0.05) is 78.9 Å². The van der Waals surface area contributed by atoms with Gasteiger partial charge in [-0.3, -0.25) is 0 Å². The lowest BCUT2D eigenvalue weighted by Crippen LogP contribution is -2.07. The van der Waals surface area contributed by atoms with Crippen molar-refractivity contribution >= 4 is 49.2 Å². The first-order valence-corrected chi connectivity index (χ1v) is 19.6. The fourth-order valence-corrected chi connectivity index (χ4v) is 9.41. The number of rotatable bonds is 6. The lowest BCUT2D eigenvalue weighted by Gasteiger charge is -2.23. The van der Waals surface area contributed by atoms with E-state index >= 15 is 0 Å². The van der Waals surface area contributed by atoms with Crippen LogP contribution in [0.4, 0.5) is 0 Å². The first-order valence-electron chi connectivity index (χ1n) is 19.6. The molecule has 0 N–H and O–H groups in total. The minimum atomic E-state index is 0.863. The van der Waals surface area contributed by atoms with Crippen LogP contribution < -0.4 is 4.74 Å². The van der Waals surface area contributed by atoms with Crippen molar-refractivity contribution in [3.63, 3.8) is 0 Å². The van der Waals surface area contributed by atoms with Crippen LogP contribution >= 0.6 is 0 Å². The molecule has 0 spiro atoms. The molecule has 7 aromatic carbocycles. The molecule has 2 aromatic heterocycles. The van der Waals surface area contributed by atoms with Crippen molar-refractivity contribution in [3.8, 4) is 39.4 Å². The van der Waals surface area contributed by atoms with Crippen molar-refractivity contribution in [2.45, 2.75) is 25.7 Å². The molecule has 0 saturated carbocycles. The van der Waals surface area contributed by atoms with Crippen LogP contribution in [-0.2, 0) is 17.6 Å². The SMILES string of the molecule is COC1=CC(c2ccc3c(c2)c2ccc4c(c2n3-c2ccccc2)CCc2cc3c5cc(-c6cccc(OC)c6)ccc5n(-c5ccccc5)c3cc2-4)=CCC1. The Labute approximate surface area is 326 Å². The fraction of sp³-hybridized carbons (Fsp3) is 0.115. The highest BCUT2D eigenvalue weighted by Gasteiger charge is 2.26. The number of aromatic nitrogens is 2. The average molecular weight is 725 g/mol. The van der Waals surface area contributed by atoms with Gasteiger partial charge in [0.05, 0.1) is 42.0 Å². The van der Waals surface area contributed by atoms with Crippen molar-refractivity contribution in [1.29, 1.82) is 0 Å². The lowest BCUT2D eigenvalue weighted by atomic mass is 9.83. The highest BCUT2D eigenvalue weighted by Crippen LogP contribution is 2.46. The zero-order chi connectivity index (χ0) is 37.3. The fourth-order valence-electron chi connectivity index (χ4n) is 9.41. The van der Waals surface area contributed by atoms with E-state index in [0.717, 1.165) is 48.4 Å². The number of hydrogen-bond acceptors (Lipinski definition) is 2. The molecule has 0 aliphatic heterocycles. The Hall–Kier alpha value is -6.78. The molecule has 0 unspecified atom stereocenters. The van der Waals surface area contributed by atoms with E-state index in [2.05, 4.69) is 161 Å². The Morgan fingerprint density at radius 1 is 0.482 bits per heavy atom. The number of ether oxygens (including phenoxy) is 2. The molecule has 0 radical (unpaired) electrons. The third-order valence-electron chi connectivity index (χ3n) is 12.1. The van der Waals surface area contributed by atoms with Gasteiger partial charge in [-0.05, 0) is 143 Å². The van der Waals surface area contributed by atoms with Crippen LogP contribution in [0.3, 0.4) is 0 Å². The van der Waals surface area contributed by atoms with E-state index in [9.17, 15) is 0 Å². The zero-order valence-electron chi connectivity index (χ0n) is 31.6. The van der Waals surface area contributed by atoms with Gasteiger partial charge in [-0.2, -0.15) is 0 Å². The molecule has 0 amide bonds. The summed E-state index contributed by atoms with van der Waals surface area (Å²) >= 11 is 0. The molecule has 4 nitrogen and oxygen atoms in total. The Kier molecular flexibility index (Phi) is 7.53. The standard InChI is InChI=1S/C52H40N2O2/c1-55-40-17-9-11-33(27-40)35-21-26-50-46(29-35)44-24-23-42-43(52(44)54(50)39-15-7-4-8-16-39)22-19-37-31-48-47-30-36(34-12-10-18-41(28-34)56-2)20-25-49(47)53(51(48)32-45(37)42)38-13-5-3-6-14-38/h3-8,10-16,18,20-21,23-32H,9,17,19,22H2,1-2H3. The molecule has 2 heterocycles. The summed E-state index contributed by atoms with van der Waals surface area (Å²) in [5.74, 6) is 1.90. The Balaban J connectivity index is 1.15. The van der Waals surface area contributed by atoms with Crippen LogP contribution in [0.15, 0.2) is 164 Å². The third kappa shape index (κ3) is 5.06. The number of methoxy groups -OCH3 is 2. The van der Waals surface area contributed by atoms with Crippen LogP contribution in [0.1, 0.15) is 29.5 Å². The smallest absolute Gasteiger partial charge is 0.119 e. The monoisotopic (exact) mass is 724 g/mol. The van der Waals surface area contributed by atoms with E-state index in [1.165, 1.54) is 88.3 Å². The van der Waals surface area contributed by atoms with Crippen LogP contribution in [0.2, 0.25) is 0 Å². The first kappa shape index (κ1) is 32.6. The second kappa shape index (κ2) is 12.9. The van der Waals surface area contributed by atoms with E-state index in [1.807, 2.05) is 6.07 Å². The number of nitrogens with zero attached hydrogens (tertiary/aromatic N) is 2. The average Bonchev–Trinajstić information content (AvgIpc) is 3.78. The van der Waals surface area contributed by atoms with Crippen molar-refractivity contribution in [2.24, 2.45) is 0 Å². The summed E-state index contributed by atoms with van der Waals surface area (Å²) in [6, 6.07) is 53.6. The minimum absolute atomic E-state index is 0.863. The van der Waals surface area contributed by atoms with Gasteiger partial charge in [0.15, 0.2) is 0 Å². The van der Waals surface area contributed by atoms with Gasteiger partial charge in [0.1, 0.15) is 5.75 Å². The van der Waals surface area contributed by atoms with E-state index in [1.54, 1.807) is 14.2 Å². The third-order valence-corrected chi connectivity index (χ3v) is 12.1. The number of fused-ring (bicyclic) bond motifs is 10. The molecule has 4 heteroatoms. The van der Waals surface area contributed by atoms with Crippen molar-refractivity contribution in [3.05, 3.63) is 180 Å². The van der Waals surface area contributed by atoms with E-state index in [-0.39, 0.29) is 0 Å². The Bertz CT molecular complexity index is 3090. The highest BCUT2D eigenvalue weighted by molar-refractivity contribution is 6.15. The highest BCUT2D eigenvalue weighted by atomic mass is 16.5. The largest absolute Gasteiger partial charge is 0.501 e. The van der Waals surface area contributed by atoms with E-state index in [0.29, 0.717) is 0 Å². The quantitative estimate of drug-likeness (QED) is 0.171. The molecular formula is C52H40N2O2. The van der Waals surface area contributed by atoms with Crippen molar-refractivity contribution < 1.29 is 9.47 Å². The molecule has 56 heavy (non-hydrogen) atoms. The van der Waals surface area contributed by atoms with Crippen molar-refractivity contribution in [1.82, 2.24) is 9.13 Å². The number of para-hydroxylation sites is 2. The lowest BCUT2D eigenvalue weighted by molar-refractivity contribution is 0.277. The second-order valence-corrected chi connectivity index (χ2v) is 15.1. The summed E-state index contributed by atoms with van der Waals surface area (Å²) in [6.45, 7) is 0. The van der Waals surface area contributed by atoms with Gasteiger partial charge in [0, 0.05) is 39.3 Å². The maximum atomic E-state index is 5.67. The normalized spacial score (nSPS) is 13.8. The predicted octanol–water partition coefficient (Wildman–Crippen LogP) is 13.0. The molecule has 2 aliphatic rings. The summed E-state index contributed by atoms with van der Waals surface area (Å²) in [5.41, 5.74) is 17.6. The Morgan fingerprint density at radius 2 is 1.18 bits per heavy atom. The molecule has 2 aliphatic carbocycles. The molecule has 0 saturated heterocycles. The molecule has 0 bridgehead atoms. The van der Waals surface area contributed by atoms with E-state index < -0.39 is 0 Å². The van der Waals surface area contributed by atoms with Gasteiger partial charge >= 0.3 is 0 Å². The number of benzene rings is 7. The van der Waals surface area contributed by atoms with Crippen molar-refractivity contribution in [2.75, 3.05) is 14.2 Å². The zero-order valence-corrected chi connectivity index (χ0v) is 31.6. The van der Waals surface area contributed by atoms with Crippen LogP contribution in [0.25, 0.3) is 82.8 Å². The number of allylic oxidation sites excluding steroid dienone is 4. The topological polar surface area (TPSA) is 28.3 Å². The van der Waals surface area contributed by atoms with E-state index in [4.69, 9.17) is 9.47 Å². The molecule has 270 valence electrons. The molecule has 11 rings (SSSR count). The summed E-state index contributed by atoms with van der Waals surface area (Å²) < 4.78 is 16.2. The first-order chi connectivity index (χ1) is 27.7. The number of aryl methyl sites for hydroxylation is 2. The Morgan fingerprint density at radius 3 is 1.96 bits per heavy atom. The number of hydrogen-bond donors (Lipinski definition) is 0. The maximum absolute atomic E-state index is 5.67. The molecule has 0 fully saturated rings. The maximum Gasteiger partial charge on any atom is 0.119 e. The van der Waals surface area contributed by atoms with Crippen LogP contribution in [0, 0.1) is 0 Å².